The van der Waals surface area contributed by atoms with Crippen LogP contribution in [-0.2, 0) is 23.7 Å². The molecular formula is C14H22N2O7. The van der Waals surface area contributed by atoms with Crippen LogP contribution in [0.5, 0.6) is 0 Å². The minimum absolute atomic E-state index is 0.156. The van der Waals surface area contributed by atoms with Crippen LogP contribution in [0.4, 0.5) is 9.59 Å². The molecule has 2 aliphatic heterocycles. The Balaban J connectivity index is 2.25. The topological polar surface area (TPSA) is 94.6 Å². The number of hydrogen-bond donors (Lipinski definition) is 0. The highest BCUT2D eigenvalue weighted by atomic mass is 16.8. The Labute approximate surface area is 134 Å². The van der Waals surface area contributed by atoms with Crippen LogP contribution >= 0.6 is 0 Å². The van der Waals surface area contributed by atoms with Crippen molar-refractivity contribution in [3.05, 3.63) is 0 Å². The van der Waals surface area contributed by atoms with Crippen LogP contribution in [0.15, 0.2) is 0 Å². The summed E-state index contributed by atoms with van der Waals surface area (Å²) in [6.07, 6.45) is -3.99. The largest absolute Gasteiger partial charge is 0.442 e. The highest BCUT2D eigenvalue weighted by molar-refractivity contribution is 5.84. The molecule has 0 unspecified atom stereocenters. The van der Waals surface area contributed by atoms with Gasteiger partial charge in [0.1, 0.15) is 17.7 Å². The van der Waals surface area contributed by atoms with Crippen LogP contribution in [0.25, 0.3) is 0 Å². The highest BCUT2D eigenvalue weighted by Gasteiger charge is 2.53. The SMILES string of the molecule is CC(C)(C)OC(=O)N1C[C@@H]2OC(=O)[C@@H](O2)N1C(=O)OC(C)(C)C. The third-order valence-corrected chi connectivity index (χ3v) is 2.72. The second kappa shape index (κ2) is 5.55. The zero-order chi connectivity index (χ0) is 17.6. The number of carbonyl (C=O) groups is 3. The quantitative estimate of drug-likeness (QED) is 0.492. The normalized spacial score (nSPS) is 24.3. The lowest BCUT2D eigenvalue weighted by atomic mass is 10.2. The zero-order valence-corrected chi connectivity index (χ0v) is 14.1. The van der Waals surface area contributed by atoms with Gasteiger partial charge in [0.2, 0.25) is 6.29 Å². The predicted molar refractivity (Wildman–Crippen MR) is 75.8 cm³/mol. The summed E-state index contributed by atoms with van der Waals surface area (Å²) in [7, 11) is 0. The van der Waals surface area contributed by atoms with Gasteiger partial charge in [-0.25, -0.2) is 19.4 Å². The van der Waals surface area contributed by atoms with E-state index >= 15 is 0 Å². The predicted octanol–water partition coefficient (Wildman–Crippen LogP) is 1.61. The Bertz CT molecular complexity index is 520. The lowest BCUT2D eigenvalue weighted by Crippen LogP contribution is -2.62. The van der Waals surface area contributed by atoms with Crippen molar-refractivity contribution in [2.45, 2.75) is 65.3 Å². The molecule has 0 aromatic heterocycles. The number of amides is 2. The monoisotopic (exact) mass is 330 g/mol. The summed E-state index contributed by atoms with van der Waals surface area (Å²) in [5.74, 6) is -0.757. The molecule has 0 N–H and O–H groups in total. The summed E-state index contributed by atoms with van der Waals surface area (Å²) < 4.78 is 20.7. The third-order valence-electron chi connectivity index (χ3n) is 2.72. The fourth-order valence-corrected chi connectivity index (χ4v) is 1.99. The Morgan fingerprint density at radius 3 is 2.09 bits per heavy atom. The maximum Gasteiger partial charge on any atom is 0.432 e. The van der Waals surface area contributed by atoms with Crippen LogP contribution in [0.3, 0.4) is 0 Å². The molecule has 2 aliphatic rings. The van der Waals surface area contributed by atoms with Crippen molar-refractivity contribution in [3.8, 4) is 0 Å². The smallest absolute Gasteiger partial charge is 0.432 e. The Morgan fingerprint density at radius 2 is 1.57 bits per heavy atom. The lowest BCUT2D eigenvalue weighted by Gasteiger charge is -2.40. The average Bonchev–Trinajstić information content (AvgIpc) is 2.60. The highest BCUT2D eigenvalue weighted by Crippen LogP contribution is 2.28. The molecule has 2 heterocycles. The van der Waals surface area contributed by atoms with Crippen molar-refractivity contribution in [1.82, 2.24) is 10.0 Å². The van der Waals surface area contributed by atoms with Gasteiger partial charge in [-0.1, -0.05) is 0 Å². The minimum atomic E-state index is -1.36. The van der Waals surface area contributed by atoms with Crippen molar-refractivity contribution in [3.63, 3.8) is 0 Å². The van der Waals surface area contributed by atoms with E-state index in [-0.39, 0.29) is 6.54 Å². The summed E-state index contributed by atoms with van der Waals surface area (Å²) >= 11 is 0. The van der Waals surface area contributed by atoms with Gasteiger partial charge >= 0.3 is 18.2 Å². The molecule has 0 aliphatic carbocycles. The molecule has 2 bridgehead atoms. The second-order valence-corrected chi connectivity index (χ2v) is 7.24. The van der Waals surface area contributed by atoms with E-state index < -0.39 is 41.9 Å². The Morgan fingerprint density at radius 1 is 1.04 bits per heavy atom. The standard InChI is InChI=1S/C14H22N2O7/c1-13(2,3)22-11(18)15-7-8-20-9(10(17)21-8)16(15)12(19)23-14(4,5)6/h8-9H,7H2,1-6H3/t8-,9+/m0/s1. The molecule has 2 fully saturated rings. The molecule has 0 radical (unpaired) electrons. The van der Waals surface area contributed by atoms with Gasteiger partial charge in [-0.3, -0.25) is 0 Å². The molecule has 2 amide bonds. The van der Waals surface area contributed by atoms with Crippen molar-refractivity contribution < 1.29 is 33.3 Å². The average molecular weight is 330 g/mol. The zero-order valence-electron chi connectivity index (χ0n) is 14.1. The summed E-state index contributed by atoms with van der Waals surface area (Å²) in [6.45, 7) is 9.94. The number of carbonyl (C=O) groups excluding carboxylic acids is 3. The molecule has 2 saturated heterocycles. The summed E-state index contributed by atoms with van der Waals surface area (Å²) in [5, 5.41) is 1.77. The van der Waals surface area contributed by atoms with E-state index in [2.05, 4.69) is 0 Å². The van der Waals surface area contributed by atoms with Gasteiger partial charge in [0.15, 0.2) is 0 Å². The van der Waals surface area contributed by atoms with E-state index in [1.807, 2.05) is 0 Å². The molecule has 0 aromatic rings. The van der Waals surface area contributed by atoms with E-state index in [0.717, 1.165) is 10.0 Å². The van der Waals surface area contributed by atoms with E-state index in [1.165, 1.54) is 0 Å². The number of ether oxygens (including phenoxy) is 4. The van der Waals surface area contributed by atoms with Crippen LogP contribution in [0.2, 0.25) is 0 Å². The number of hydrogen-bond acceptors (Lipinski definition) is 7. The number of fused-ring (bicyclic) bond motifs is 2. The summed E-state index contributed by atoms with van der Waals surface area (Å²) in [5.41, 5.74) is -1.57. The van der Waals surface area contributed by atoms with Gasteiger partial charge < -0.3 is 18.9 Å². The molecule has 0 saturated carbocycles. The lowest BCUT2D eigenvalue weighted by molar-refractivity contribution is -0.206. The van der Waals surface area contributed by atoms with Crippen LogP contribution < -0.4 is 0 Å². The Hall–Kier alpha value is -2.03. The van der Waals surface area contributed by atoms with Crippen molar-refractivity contribution in [2.24, 2.45) is 0 Å². The molecule has 23 heavy (non-hydrogen) atoms. The van der Waals surface area contributed by atoms with Crippen LogP contribution in [0.1, 0.15) is 41.5 Å². The molecule has 0 aromatic carbocycles. The first-order chi connectivity index (χ1) is 10.4. The summed E-state index contributed by atoms with van der Waals surface area (Å²) in [6, 6.07) is 0. The van der Waals surface area contributed by atoms with Gasteiger partial charge in [-0.15, -0.1) is 0 Å². The number of hydrazine groups is 1. The molecular weight excluding hydrogens is 308 g/mol. The molecule has 9 heteroatoms. The second-order valence-electron chi connectivity index (χ2n) is 7.24. The first-order valence-corrected chi connectivity index (χ1v) is 7.26. The molecule has 130 valence electrons. The van der Waals surface area contributed by atoms with Crippen molar-refractivity contribution in [1.29, 1.82) is 0 Å². The van der Waals surface area contributed by atoms with E-state index in [4.69, 9.17) is 18.9 Å². The first kappa shape index (κ1) is 17.3. The molecule has 2 rings (SSSR count). The Kier molecular flexibility index (Phi) is 4.18. The maximum absolute atomic E-state index is 12.4. The molecule has 0 spiro atoms. The molecule has 9 nitrogen and oxygen atoms in total. The van der Waals surface area contributed by atoms with Crippen molar-refractivity contribution >= 4 is 18.2 Å². The number of esters is 1. The minimum Gasteiger partial charge on any atom is -0.442 e. The van der Waals surface area contributed by atoms with Gasteiger partial charge in [0.05, 0.1) is 0 Å². The van der Waals surface area contributed by atoms with E-state index in [0.29, 0.717) is 0 Å². The third kappa shape index (κ3) is 4.04. The van der Waals surface area contributed by atoms with Gasteiger partial charge in [-0.05, 0) is 41.5 Å². The van der Waals surface area contributed by atoms with E-state index in [1.54, 1.807) is 41.5 Å². The number of rotatable bonds is 0. The van der Waals surface area contributed by atoms with Crippen LogP contribution in [0, 0.1) is 0 Å². The number of nitrogens with zero attached hydrogens (tertiary/aromatic N) is 2. The van der Waals surface area contributed by atoms with Gasteiger partial charge in [0, 0.05) is 0 Å². The molecule has 2 atom stereocenters. The fraction of sp³-hybridized carbons (Fsp3) is 0.786. The van der Waals surface area contributed by atoms with Gasteiger partial charge in [-0.2, -0.15) is 5.01 Å². The fourth-order valence-electron chi connectivity index (χ4n) is 1.99. The van der Waals surface area contributed by atoms with Crippen molar-refractivity contribution in [2.75, 3.05) is 6.54 Å². The summed E-state index contributed by atoms with van der Waals surface area (Å²) in [4.78, 5) is 36.6. The van der Waals surface area contributed by atoms with E-state index in [9.17, 15) is 14.4 Å². The first-order valence-electron chi connectivity index (χ1n) is 7.26. The maximum atomic E-state index is 12.4. The van der Waals surface area contributed by atoms with Crippen LogP contribution in [-0.4, -0.2) is 58.4 Å². The van der Waals surface area contributed by atoms with Gasteiger partial charge in [0.25, 0.3) is 6.23 Å².